The van der Waals surface area contributed by atoms with Crippen molar-refractivity contribution < 1.29 is 22.7 Å². The molecule has 1 fully saturated rings. The summed E-state index contributed by atoms with van der Waals surface area (Å²) in [4.78, 5) is 17.1. The summed E-state index contributed by atoms with van der Waals surface area (Å²) < 4.78 is 39.9. The van der Waals surface area contributed by atoms with Crippen LogP contribution in [0.5, 0.6) is 5.75 Å². The van der Waals surface area contributed by atoms with E-state index in [-0.39, 0.29) is 41.7 Å². The smallest absolute Gasteiger partial charge is 0.232 e. The summed E-state index contributed by atoms with van der Waals surface area (Å²) in [5.74, 6) is -1.37. The Morgan fingerprint density at radius 2 is 1.95 bits per heavy atom. The fourth-order valence-corrected chi connectivity index (χ4v) is 4.80. The Morgan fingerprint density at radius 3 is 2.58 bits per heavy atom. The highest BCUT2D eigenvalue weighted by Crippen LogP contribution is 2.46. The minimum atomic E-state index is -3.53. The summed E-state index contributed by atoms with van der Waals surface area (Å²) in [5.41, 5.74) is 8.89. The molecule has 3 aromatic rings. The number of para-hydroxylation sites is 1. The number of nitrogens with two attached hydrogens (primary N) is 1. The molecular formula is C27H30FN5O4S. The van der Waals surface area contributed by atoms with Gasteiger partial charge in [0, 0.05) is 31.3 Å². The van der Waals surface area contributed by atoms with Gasteiger partial charge in [0.1, 0.15) is 11.5 Å². The van der Waals surface area contributed by atoms with E-state index in [0.717, 1.165) is 29.0 Å². The molecule has 1 saturated carbocycles. The number of nitrogen functional groups attached to an aromatic ring is 1. The first-order chi connectivity index (χ1) is 17.9. The number of phenolic OH excluding ortho intramolecular Hbond substituents is 1. The number of benzene rings is 2. The Bertz CT molecular complexity index is 1540. The number of anilines is 3. The van der Waals surface area contributed by atoms with Crippen molar-refractivity contribution in [2.45, 2.75) is 38.6 Å². The fourth-order valence-electron chi connectivity index (χ4n) is 4.27. The number of sulfonamides is 1. The number of aromatic nitrogens is 1. The van der Waals surface area contributed by atoms with Crippen molar-refractivity contribution in [3.05, 3.63) is 65.0 Å². The van der Waals surface area contributed by atoms with E-state index in [1.54, 1.807) is 31.2 Å². The van der Waals surface area contributed by atoms with Gasteiger partial charge in [-0.05, 0) is 54.2 Å². The number of pyridine rings is 1. The van der Waals surface area contributed by atoms with Crippen LogP contribution in [0.25, 0.3) is 11.3 Å². The molecule has 0 atom stereocenters. The summed E-state index contributed by atoms with van der Waals surface area (Å²) in [6.07, 6.45) is 3.00. The highest BCUT2D eigenvalue weighted by Gasteiger charge is 2.29. The Hall–Kier alpha value is -3.99. The number of ketones is 1. The zero-order chi connectivity index (χ0) is 27.8. The molecule has 0 saturated heterocycles. The van der Waals surface area contributed by atoms with Gasteiger partial charge in [0.25, 0.3) is 0 Å². The average molecular weight is 540 g/mol. The van der Waals surface area contributed by atoms with E-state index < -0.39 is 27.4 Å². The zero-order valence-corrected chi connectivity index (χ0v) is 22.2. The number of phenols is 1. The highest BCUT2D eigenvalue weighted by atomic mass is 32.2. The van der Waals surface area contributed by atoms with Crippen molar-refractivity contribution in [1.29, 1.82) is 5.41 Å². The third-order valence-corrected chi connectivity index (χ3v) is 7.78. The van der Waals surface area contributed by atoms with Crippen LogP contribution in [0.2, 0.25) is 0 Å². The Balaban J connectivity index is 1.82. The van der Waals surface area contributed by atoms with Gasteiger partial charge in [-0.25, -0.2) is 17.8 Å². The topological polar surface area (TPSA) is 149 Å². The van der Waals surface area contributed by atoms with E-state index in [2.05, 4.69) is 10.3 Å². The van der Waals surface area contributed by atoms with Crippen molar-refractivity contribution in [1.82, 2.24) is 4.98 Å². The predicted molar refractivity (Wildman–Crippen MR) is 147 cm³/mol. The lowest BCUT2D eigenvalue weighted by Crippen LogP contribution is -2.26. The monoisotopic (exact) mass is 539 g/mol. The maximum atomic E-state index is 14.4. The summed E-state index contributed by atoms with van der Waals surface area (Å²) in [5, 5.41) is 21.5. The van der Waals surface area contributed by atoms with Crippen molar-refractivity contribution in [2.75, 3.05) is 28.7 Å². The average Bonchev–Trinajstić information content (AvgIpc) is 3.72. The van der Waals surface area contributed by atoms with Gasteiger partial charge < -0.3 is 16.2 Å². The summed E-state index contributed by atoms with van der Waals surface area (Å²) in [7, 11) is -2.08. The molecule has 2 aromatic carbocycles. The molecule has 0 bridgehead atoms. The van der Waals surface area contributed by atoms with Gasteiger partial charge in [-0.2, -0.15) is 0 Å². The number of rotatable bonds is 10. The molecule has 1 aliphatic carbocycles. The van der Waals surface area contributed by atoms with Gasteiger partial charge >= 0.3 is 0 Å². The number of Topliss-reactive ketones (excluding diaryl/α,β-unsaturated/α-hetero) is 1. The Labute approximate surface area is 221 Å². The maximum Gasteiger partial charge on any atom is 0.232 e. The number of hydrogen-bond donors (Lipinski definition) is 4. The molecule has 0 aliphatic heterocycles. The summed E-state index contributed by atoms with van der Waals surface area (Å²) in [6, 6.07) is 11.0. The van der Waals surface area contributed by atoms with E-state index in [1.807, 2.05) is 0 Å². The molecule has 5 N–H and O–H groups in total. The van der Waals surface area contributed by atoms with Crippen LogP contribution in [0.4, 0.5) is 21.6 Å². The molecule has 1 aromatic heterocycles. The minimum Gasteiger partial charge on any atom is -0.505 e. The highest BCUT2D eigenvalue weighted by molar-refractivity contribution is 7.92. The molecule has 38 heavy (non-hydrogen) atoms. The summed E-state index contributed by atoms with van der Waals surface area (Å²) in [6.45, 7) is 1.74. The molecule has 11 heteroatoms. The van der Waals surface area contributed by atoms with Crippen molar-refractivity contribution in [3.8, 4) is 17.0 Å². The van der Waals surface area contributed by atoms with Gasteiger partial charge in [0.15, 0.2) is 17.3 Å². The molecule has 1 aliphatic rings. The second-order valence-electron chi connectivity index (χ2n) is 9.35. The molecule has 0 amide bonds. The fraction of sp³-hybridized carbons (Fsp3) is 0.296. The lowest BCUT2D eigenvalue weighted by molar-refractivity contribution is -0.112. The standard InChI is InChI=1S/C27H30FN5O4S/c1-4-23(34)26(30)25-20(29)13-21(18-11-19(28)24(35)12-17(18)15-9-10-15)32-27(25)31-14-16-7-5-6-8-22(16)33(2)38(3,36)37/h5-8,11-13,15,30,35H,4,9-10,14H2,1-3H3,(H3,29,31,32). The van der Waals surface area contributed by atoms with Crippen LogP contribution < -0.4 is 15.4 Å². The lowest BCUT2D eigenvalue weighted by Gasteiger charge is -2.21. The van der Waals surface area contributed by atoms with E-state index in [4.69, 9.17) is 11.1 Å². The van der Waals surface area contributed by atoms with Crippen LogP contribution in [0.15, 0.2) is 42.5 Å². The predicted octanol–water partition coefficient (Wildman–Crippen LogP) is 4.41. The number of aromatic hydroxyl groups is 1. The first kappa shape index (κ1) is 27.1. The molecule has 0 spiro atoms. The number of halogens is 1. The van der Waals surface area contributed by atoms with Crippen LogP contribution in [-0.2, 0) is 21.4 Å². The Morgan fingerprint density at radius 1 is 1.26 bits per heavy atom. The molecule has 9 nitrogen and oxygen atoms in total. The number of carbonyl (C=O) groups excluding carboxylic acids is 1. The van der Waals surface area contributed by atoms with E-state index >= 15 is 0 Å². The normalized spacial score (nSPS) is 13.3. The third kappa shape index (κ3) is 5.47. The van der Waals surface area contributed by atoms with Gasteiger partial charge in [-0.1, -0.05) is 25.1 Å². The molecule has 0 radical (unpaired) electrons. The number of hydrogen-bond acceptors (Lipinski definition) is 8. The minimum absolute atomic E-state index is 0.0937. The van der Waals surface area contributed by atoms with E-state index in [1.165, 1.54) is 25.2 Å². The number of nitrogens with zero attached hydrogens (tertiary/aromatic N) is 2. The first-order valence-corrected chi connectivity index (χ1v) is 14.0. The van der Waals surface area contributed by atoms with Gasteiger partial charge in [0.2, 0.25) is 10.0 Å². The van der Waals surface area contributed by atoms with Gasteiger partial charge in [0.05, 0.1) is 23.2 Å². The van der Waals surface area contributed by atoms with Crippen molar-refractivity contribution >= 4 is 38.7 Å². The number of carbonyl (C=O) groups is 1. The molecule has 0 unspecified atom stereocenters. The largest absolute Gasteiger partial charge is 0.505 e. The second-order valence-corrected chi connectivity index (χ2v) is 11.4. The molecule has 4 rings (SSSR count). The summed E-state index contributed by atoms with van der Waals surface area (Å²) >= 11 is 0. The van der Waals surface area contributed by atoms with Gasteiger partial charge in [-0.3, -0.25) is 14.5 Å². The van der Waals surface area contributed by atoms with E-state index in [9.17, 15) is 22.7 Å². The quantitative estimate of drug-likeness (QED) is 0.279. The van der Waals surface area contributed by atoms with Gasteiger partial charge in [-0.15, -0.1) is 0 Å². The van der Waals surface area contributed by atoms with Crippen LogP contribution in [-0.4, -0.2) is 43.3 Å². The maximum absolute atomic E-state index is 14.4. The zero-order valence-electron chi connectivity index (χ0n) is 21.4. The first-order valence-electron chi connectivity index (χ1n) is 12.1. The van der Waals surface area contributed by atoms with Crippen LogP contribution in [0.3, 0.4) is 0 Å². The van der Waals surface area contributed by atoms with Crippen LogP contribution >= 0.6 is 0 Å². The molecular weight excluding hydrogens is 509 g/mol. The van der Waals surface area contributed by atoms with Crippen molar-refractivity contribution in [3.63, 3.8) is 0 Å². The lowest BCUT2D eigenvalue weighted by atomic mass is 9.97. The molecule has 1 heterocycles. The Kier molecular flexibility index (Phi) is 7.41. The van der Waals surface area contributed by atoms with Crippen LogP contribution in [0, 0.1) is 11.2 Å². The van der Waals surface area contributed by atoms with Crippen molar-refractivity contribution in [2.24, 2.45) is 0 Å². The van der Waals surface area contributed by atoms with Crippen LogP contribution in [0.1, 0.15) is 48.8 Å². The second kappa shape index (κ2) is 10.4. The SMILES string of the molecule is CCC(=O)C(=N)c1c(N)cc(-c2cc(F)c(O)cc2C2CC2)nc1NCc1ccccc1N(C)S(C)(=O)=O. The number of nitrogens with one attached hydrogen (secondary N) is 2. The third-order valence-electron chi connectivity index (χ3n) is 6.59. The molecule has 200 valence electrons. The van der Waals surface area contributed by atoms with E-state index in [0.29, 0.717) is 22.5 Å².